The van der Waals surface area contributed by atoms with E-state index in [1.807, 2.05) is 60.7 Å². The molecule has 1 saturated heterocycles. The molecule has 0 radical (unpaired) electrons. The fourth-order valence-electron chi connectivity index (χ4n) is 4.81. The first-order valence-electron chi connectivity index (χ1n) is 13.2. The van der Waals surface area contributed by atoms with Crippen molar-refractivity contribution in [1.82, 2.24) is 30.4 Å². The minimum Gasteiger partial charge on any atom is -0.448 e. The van der Waals surface area contributed by atoms with Crippen LogP contribution in [0.15, 0.2) is 82.6 Å². The van der Waals surface area contributed by atoms with Gasteiger partial charge in [-0.25, -0.2) is 14.8 Å². The largest absolute Gasteiger partial charge is 0.448 e. The molecule has 1 unspecified atom stereocenters. The van der Waals surface area contributed by atoms with Crippen molar-refractivity contribution in [2.75, 3.05) is 11.5 Å². The molecule has 43 heavy (non-hydrogen) atoms. The zero-order chi connectivity index (χ0) is 29.9. The van der Waals surface area contributed by atoms with E-state index < -0.39 is 23.5 Å². The molecular weight excluding hydrogens is 605 g/mol. The molecule has 1 fully saturated rings. The first-order valence-corrected chi connectivity index (χ1v) is 15.5. The molecule has 2 aromatic carbocycles. The number of benzene rings is 2. The first kappa shape index (κ1) is 28.7. The fraction of sp³-hybridized carbons (Fsp3) is 0.207. The van der Waals surface area contributed by atoms with Gasteiger partial charge in [-0.15, -0.1) is 11.8 Å². The number of amides is 1. The number of nitrogen functional groups attached to an aromatic ring is 1. The predicted molar refractivity (Wildman–Crippen MR) is 167 cm³/mol. The van der Waals surface area contributed by atoms with Crippen molar-refractivity contribution in [3.05, 3.63) is 88.6 Å². The van der Waals surface area contributed by atoms with Gasteiger partial charge in [0.05, 0.1) is 22.6 Å². The van der Waals surface area contributed by atoms with Crippen LogP contribution >= 0.6 is 35.7 Å². The van der Waals surface area contributed by atoms with Crippen molar-refractivity contribution in [3.63, 3.8) is 0 Å². The number of fused-ring (bicyclic) bond motifs is 2. The van der Waals surface area contributed by atoms with Gasteiger partial charge in [-0.1, -0.05) is 84.6 Å². The third-order valence-electron chi connectivity index (χ3n) is 6.87. The molecule has 11 nitrogen and oxygen atoms in total. The number of rotatable bonds is 9. The maximum absolute atomic E-state index is 14.1. The second kappa shape index (κ2) is 12.4. The maximum atomic E-state index is 14.1. The molecule has 0 spiro atoms. The topological polar surface area (TPSA) is 163 Å². The van der Waals surface area contributed by atoms with Crippen molar-refractivity contribution in [2.24, 2.45) is 0 Å². The molecule has 2 aliphatic heterocycles. The van der Waals surface area contributed by atoms with Gasteiger partial charge in [-0.2, -0.15) is 10.4 Å². The van der Waals surface area contributed by atoms with Crippen LogP contribution in [0.3, 0.4) is 0 Å². The van der Waals surface area contributed by atoms with E-state index in [2.05, 4.69) is 31.6 Å². The van der Waals surface area contributed by atoms with E-state index in [0.717, 1.165) is 22.9 Å². The average molecular weight is 629 g/mol. The van der Waals surface area contributed by atoms with Gasteiger partial charge < -0.3 is 15.8 Å². The highest BCUT2D eigenvalue weighted by molar-refractivity contribution is 8.06. The Balaban J connectivity index is 1.35. The Morgan fingerprint density at radius 1 is 1.21 bits per heavy atom. The number of hydrogen-bond acceptors (Lipinski definition) is 11. The average Bonchev–Trinajstić information content (AvgIpc) is 3.51. The Bertz CT molecular complexity index is 1730. The molecule has 6 rings (SSSR count). The van der Waals surface area contributed by atoms with E-state index in [0.29, 0.717) is 38.3 Å². The van der Waals surface area contributed by atoms with E-state index in [-0.39, 0.29) is 23.8 Å². The number of nitrogens with two attached hydrogens (primary N) is 1. The lowest BCUT2D eigenvalue weighted by molar-refractivity contribution is -0.153. The summed E-state index contributed by atoms with van der Waals surface area (Å²) in [6.45, 7) is 0. The lowest BCUT2D eigenvalue weighted by atomic mass is 10.0. The van der Waals surface area contributed by atoms with Crippen LogP contribution < -0.4 is 11.1 Å². The van der Waals surface area contributed by atoms with Crippen LogP contribution in [-0.2, 0) is 14.3 Å². The van der Waals surface area contributed by atoms with Gasteiger partial charge in [0.1, 0.15) is 22.9 Å². The Morgan fingerprint density at radius 3 is 2.58 bits per heavy atom. The van der Waals surface area contributed by atoms with E-state index in [4.69, 9.17) is 28.0 Å². The molecule has 0 aliphatic carbocycles. The number of aromatic nitrogens is 4. The molecule has 0 saturated carbocycles. The van der Waals surface area contributed by atoms with Crippen LogP contribution in [0, 0.1) is 11.3 Å². The lowest BCUT2D eigenvalue weighted by Crippen LogP contribution is -2.70. The summed E-state index contributed by atoms with van der Waals surface area (Å²) in [5, 5.41) is 19.2. The van der Waals surface area contributed by atoms with Crippen molar-refractivity contribution in [2.45, 2.75) is 35.5 Å². The number of carbonyl (C=O) groups excluding carboxylic acids is 2. The monoisotopic (exact) mass is 628 g/mol. The summed E-state index contributed by atoms with van der Waals surface area (Å²) in [4.78, 5) is 39.0. The van der Waals surface area contributed by atoms with Gasteiger partial charge in [0.15, 0.2) is 16.9 Å². The van der Waals surface area contributed by atoms with Gasteiger partial charge in [-0.05, 0) is 11.1 Å². The number of nitriles is 1. The predicted octanol–water partition coefficient (Wildman–Crippen LogP) is 4.08. The molecule has 2 aromatic heterocycles. The molecule has 0 bridgehead atoms. The van der Waals surface area contributed by atoms with Crippen LogP contribution in [0.2, 0.25) is 0 Å². The number of carbonyl (C=O) groups is 2. The quantitative estimate of drug-likeness (QED) is 0.106. The third kappa shape index (κ3) is 5.79. The molecule has 2 atom stereocenters. The van der Waals surface area contributed by atoms with Crippen molar-refractivity contribution >= 4 is 69.5 Å². The number of β-lactam (4-membered cyclic amide) rings is 1. The molecule has 4 heterocycles. The number of anilines is 1. The van der Waals surface area contributed by atoms with E-state index >= 15 is 0 Å². The molecule has 4 aromatic rings. The molecule has 4 N–H and O–H groups in total. The van der Waals surface area contributed by atoms with Crippen LogP contribution in [0.5, 0.6) is 0 Å². The second-order valence-electron chi connectivity index (χ2n) is 9.62. The summed E-state index contributed by atoms with van der Waals surface area (Å²) in [7, 11) is 0. The number of thioether (sulfide) groups is 2. The number of ether oxygens (including phenoxy) is 1. The standard InChI is InChI=1S/C29H24N8O3S3/c30-13-7-12-20(41)33-21-26(38)37-22(28(39)40-23(16-8-3-1-4-9-16)17-10-5-2-6-11-17)19(15-42-27(21)37)43-29-34-24(31)18-14-32-36-25(18)35-29/h1-6,8-11,14,21,23,27H,7,12,15H2,(H,33,41)(H3,31,32,34,35,36)/t21?,27-/m1/s1. The van der Waals surface area contributed by atoms with Crippen LogP contribution in [-0.4, -0.2) is 59.1 Å². The minimum absolute atomic E-state index is 0.128. The molecule has 2 aliphatic rings. The number of hydrogen-bond donors (Lipinski definition) is 3. The summed E-state index contributed by atoms with van der Waals surface area (Å²) in [6, 6.07) is 20.3. The number of nitrogens with zero attached hydrogens (tertiary/aromatic N) is 5. The van der Waals surface area contributed by atoms with Crippen LogP contribution in [0.25, 0.3) is 11.0 Å². The van der Waals surface area contributed by atoms with E-state index in [1.165, 1.54) is 16.7 Å². The zero-order valence-electron chi connectivity index (χ0n) is 22.5. The Hall–Kier alpha value is -4.45. The van der Waals surface area contributed by atoms with Crippen molar-refractivity contribution < 1.29 is 14.3 Å². The number of H-pyrrole nitrogens is 1. The summed E-state index contributed by atoms with van der Waals surface area (Å²) in [5.41, 5.74) is 8.30. The highest BCUT2D eigenvalue weighted by atomic mass is 32.2. The molecule has 1 amide bonds. The summed E-state index contributed by atoms with van der Waals surface area (Å²) in [5.74, 6) is -0.337. The zero-order valence-corrected chi connectivity index (χ0v) is 24.9. The summed E-state index contributed by atoms with van der Waals surface area (Å²) >= 11 is 7.99. The fourth-order valence-corrected chi connectivity index (χ4v) is 7.46. The Labute approximate surface area is 260 Å². The smallest absolute Gasteiger partial charge is 0.356 e. The maximum Gasteiger partial charge on any atom is 0.356 e. The van der Waals surface area contributed by atoms with Gasteiger partial charge in [0.2, 0.25) is 0 Å². The Morgan fingerprint density at radius 2 is 1.91 bits per heavy atom. The van der Waals surface area contributed by atoms with Gasteiger partial charge in [-0.3, -0.25) is 14.8 Å². The molecule has 14 heteroatoms. The number of thiocarbonyl (C=S) groups is 1. The summed E-state index contributed by atoms with van der Waals surface area (Å²) < 4.78 is 6.20. The highest BCUT2D eigenvalue weighted by Gasteiger charge is 2.54. The van der Waals surface area contributed by atoms with Crippen molar-refractivity contribution in [1.29, 1.82) is 5.26 Å². The van der Waals surface area contributed by atoms with Gasteiger partial charge in [0, 0.05) is 23.5 Å². The Kier molecular flexibility index (Phi) is 8.28. The van der Waals surface area contributed by atoms with E-state index in [1.54, 1.807) is 6.20 Å². The first-order chi connectivity index (χ1) is 20.9. The molecular formula is C29H24N8O3S3. The normalized spacial score (nSPS) is 17.8. The summed E-state index contributed by atoms with van der Waals surface area (Å²) in [6.07, 6.45) is 1.43. The van der Waals surface area contributed by atoms with Crippen molar-refractivity contribution in [3.8, 4) is 6.07 Å². The number of nitrogens with one attached hydrogen (secondary N) is 2. The highest BCUT2D eigenvalue weighted by Crippen LogP contribution is 2.46. The number of aromatic amines is 1. The molecule has 216 valence electrons. The minimum atomic E-state index is -0.709. The van der Waals surface area contributed by atoms with Crippen LogP contribution in [0.4, 0.5) is 5.82 Å². The van der Waals surface area contributed by atoms with Gasteiger partial charge in [0.25, 0.3) is 5.91 Å². The number of esters is 1. The lowest BCUT2D eigenvalue weighted by Gasteiger charge is -2.50. The SMILES string of the molecule is N#CCCC(=S)NC1C(=O)N2C(C(=O)OC(c3ccccc3)c3ccccc3)=C(Sc3nc(N)c4cn[nH]c4n3)CS[C@H]12. The third-order valence-corrected chi connectivity index (χ3v) is 9.60. The van der Waals surface area contributed by atoms with Gasteiger partial charge >= 0.3 is 5.97 Å². The van der Waals surface area contributed by atoms with Crippen LogP contribution in [0.1, 0.15) is 30.1 Å². The second-order valence-corrected chi connectivity index (χ2v) is 12.3. The van der Waals surface area contributed by atoms with E-state index in [9.17, 15) is 9.59 Å².